The first-order chi connectivity index (χ1) is 13.7. The van der Waals surface area contributed by atoms with Gasteiger partial charge in [0.1, 0.15) is 25.0 Å². The number of anilines is 1. The molecule has 0 saturated carbocycles. The van der Waals surface area contributed by atoms with Crippen molar-refractivity contribution >= 4 is 17.7 Å². The number of nitrogens with one attached hydrogen (secondary N) is 1. The SMILES string of the molecule is Cn1cc(N2CCNCC2)cc/c1=N/C(=C\C=O)c1ccc2c(c1)OCCO2. The predicted octanol–water partition coefficient (Wildman–Crippen LogP) is 1.35. The van der Waals surface area contributed by atoms with Gasteiger partial charge in [-0.25, -0.2) is 4.99 Å². The lowest BCUT2D eigenvalue weighted by atomic mass is 10.1. The van der Waals surface area contributed by atoms with E-state index in [9.17, 15) is 4.79 Å². The van der Waals surface area contributed by atoms with Crippen LogP contribution in [0.25, 0.3) is 5.70 Å². The van der Waals surface area contributed by atoms with Crippen molar-refractivity contribution in [2.24, 2.45) is 12.0 Å². The number of allylic oxidation sites excluding steroid dienone is 1. The molecule has 28 heavy (non-hydrogen) atoms. The molecule has 3 heterocycles. The van der Waals surface area contributed by atoms with Crippen LogP contribution in [0, 0.1) is 0 Å². The second kappa shape index (κ2) is 8.31. The second-order valence-electron chi connectivity index (χ2n) is 6.75. The van der Waals surface area contributed by atoms with Gasteiger partial charge >= 0.3 is 0 Å². The van der Waals surface area contributed by atoms with E-state index < -0.39 is 0 Å². The third-order valence-electron chi connectivity index (χ3n) is 4.87. The van der Waals surface area contributed by atoms with Crippen LogP contribution in [0.1, 0.15) is 5.56 Å². The van der Waals surface area contributed by atoms with E-state index in [2.05, 4.69) is 22.5 Å². The highest BCUT2D eigenvalue weighted by Gasteiger charge is 2.14. The average molecular weight is 380 g/mol. The Morgan fingerprint density at radius 3 is 2.64 bits per heavy atom. The van der Waals surface area contributed by atoms with Gasteiger partial charge in [0.05, 0.1) is 11.4 Å². The summed E-state index contributed by atoms with van der Waals surface area (Å²) in [6.07, 6.45) is 4.30. The van der Waals surface area contributed by atoms with Crippen molar-refractivity contribution in [3.8, 4) is 11.5 Å². The van der Waals surface area contributed by atoms with Crippen molar-refractivity contribution in [2.45, 2.75) is 0 Å². The van der Waals surface area contributed by atoms with Crippen molar-refractivity contribution < 1.29 is 14.3 Å². The Morgan fingerprint density at radius 1 is 1.11 bits per heavy atom. The number of carbonyl (C=O) groups excluding carboxylic acids is 1. The number of ether oxygens (including phenoxy) is 2. The lowest BCUT2D eigenvalue weighted by Crippen LogP contribution is -2.43. The first kappa shape index (κ1) is 18.3. The lowest BCUT2D eigenvalue weighted by Gasteiger charge is -2.29. The fourth-order valence-electron chi connectivity index (χ4n) is 3.40. The fraction of sp³-hybridized carbons (Fsp3) is 0.333. The number of nitrogens with zero attached hydrogens (tertiary/aromatic N) is 3. The minimum absolute atomic E-state index is 0.517. The Morgan fingerprint density at radius 2 is 1.89 bits per heavy atom. The van der Waals surface area contributed by atoms with Crippen LogP contribution in [0.2, 0.25) is 0 Å². The standard InChI is InChI=1S/C21H24N4O3/c1-24-15-17(25-9-7-22-8-10-25)3-5-21(24)23-18(6-11-26)16-2-4-19-20(14-16)28-13-12-27-19/h2-6,11,14-15,22H,7-10,12-13H2,1H3/b18-6-,23-21-. The molecule has 0 unspecified atom stereocenters. The smallest absolute Gasteiger partial charge is 0.162 e. The van der Waals surface area contributed by atoms with E-state index in [0.717, 1.165) is 43.5 Å². The maximum atomic E-state index is 11.2. The molecule has 4 rings (SSSR count). The molecule has 2 aliphatic rings. The Hall–Kier alpha value is -3.06. The topological polar surface area (TPSA) is 68.1 Å². The second-order valence-corrected chi connectivity index (χ2v) is 6.75. The van der Waals surface area contributed by atoms with Gasteiger partial charge < -0.3 is 24.3 Å². The Labute approximate surface area is 163 Å². The van der Waals surface area contributed by atoms with Crippen molar-refractivity contribution in [2.75, 3.05) is 44.3 Å². The Balaban J connectivity index is 1.66. The van der Waals surface area contributed by atoms with E-state index >= 15 is 0 Å². The molecule has 0 amide bonds. The first-order valence-corrected chi connectivity index (χ1v) is 9.47. The summed E-state index contributed by atoms with van der Waals surface area (Å²) >= 11 is 0. The highest BCUT2D eigenvalue weighted by atomic mass is 16.6. The number of aldehydes is 1. The lowest BCUT2D eigenvalue weighted by molar-refractivity contribution is -0.104. The minimum Gasteiger partial charge on any atom is -0.486 e. The first-order valence-electron chi connectivity index (χ1n) is 9.47. The quantitative estimate of drug-likeness (QED) is 0.641. The molecule has 2 aliphatic heterocycles. The molecular weight excluding hydrogens is 356 g/mol. The summed E-state index contributed by atoms with van der Waals surface area (Å²) in [5.41, 5.74) is 3.32. The molecule has 1 aromatic carbocycles. The number of benzene rings is 1. The van der Waals surface area contributed by atoms with E-state index in [0.29, 0.717) is 30.4 Å². The molecule has 0 radical (unpaired) electrons. The van der Waals surface area contributed by atoms with Crippen LogP contribution in [0.15, 0.2) is 47.6 Å². The van der Waals surface area contributed by atoms with Crippen molar-refractivity contribution in [3.63, 3.8) is 0 Å². The third-order valence-corrected chi connectivity index (χ3v) is 4.87. The van der Waals surface area contributed by atoms with Gasteiger partial charge in [-0.15, -0.1) is 0 Å². The molecule has 2 aromatic rings. The molecule has 1 fully saturated rings. The van der Waals surface area contributed by atoms with Crippen LogP contribution >= 0.6 is 0 Å². The number of pyridine rings is 1. The number of fused-ring (bicyclic) bond motifs is 1. The summed E-state index contributed by atoms with van der Waals surface area (Å²) in [6, 6.07) is 9.66. The van der Waals surface area contributed by atoms with Gasteiger partial charge in [0.2, 0.25) is 0 Å². The number of rotatable bonds is 4. The Kier molecular flexibility index (Phi) is 5.43. The third kappa shape index (κ3) is 3.94. The van der Waals surface area contributed by atoms with E-state index in [1.54, 1.807) is 0 Å². The summed E-state index contributed by atoms with van der Waals surface area (Å²) in [6.45, 7) is 5.03. The molecule has 0 atom stereocenters. The maximum absolute atomic E-state index is 11.2. The molecular formula is C21H24N4O3. The van der Waals surface area contributed by atoms with Gasteiger partial charge in [-0.3, -0.25) is 4.79 Å². The molecule has 0 spiro atoms. The zero-order valence-electron chi connectivity index (χ0n) is 15.9. The van der Waals surface area contributed by atoms with Crippen molar-refractivity contribution in [1.82, 2.24) is 9.88 Å². The number of carbonyl (C=O) groups is 1. The van der Waals surface area contributed by atoms with Gasteiger partial charge in [0, 0.05) is 51.1 Å². The van der Waals surface area contributed by atoms with Crippen molar-refractivity contribution in [3.05, 3.63) is 53.7 Å². The van der Waals surface area contributed by atoms with Gasteiger partial charge in [0.15, 0.2) is 11.5 Å². The number of hydrogen-bond donors (Lipinski definition) is 1. The molecule has 7 heteroatoms. The van der Waals surface area contributed by atoms with Gasteiger partial charge in [0.25, 0.3) is 0 Å². The van der Waals surface area contributed by atoms with E-state index in [-0.39, 0.29) is 0 Å². The minimum atomic E-state index is 0.517. The normalized spacial score (nSPS) is 17.5. The monoisotopic (exact) mass is 380 g/mol. The van der Waals surface area contributed by atoms with E-state index in [1.807, 2.05) is 35.9 Å². The van der Waals surface area contributed by atoms with Crippen LogP contribution in [0.4, 0.5) is 5.69 Å². The van der Waals surface area contributed by atoms with Crippen LogP contribution in [-0.4, -0.2) is 50.2 Å². The molecule has 146 valence electrons. The highest BCUT2D eigenvalue weighted by molar-refractivity contribution is 5.81. The maximum Gasteiger partial charge on any atom is 0.162 e. The number of piperazine rings is 1. The summed E-state index contributed by atoms with van der Waals surface area (Å²) in [7, 11) is 1.97. The van der Waals surface area contributed by atoms with E-state index in [1.165, 1.54) is 11.8 Å². The average Bonchev–Trinajstić information content (AvgIpc) is 2.75. The van der Waals surface area contributed by atoms with Gasteiger partial charge in [-0.1, -0.05) is 0 Å². The summed E-state index contributed by atoms with van der Waals surface area (Å²) in [5, 5.41) is 3.36. The molecule has 7 nitrogen and oxygen atoms in total. The summed E-state index contributed by atoms with van der Waals surface area (Å²) < 4.78 is 13.2. The fourth-order valence-corrected chi connectivity index (χ4v) is 3.40. The molecule has 1 N–H and O–H groups in total. The van der Waals surface area contributed by atoms with Gasteiger partial charge in [-0.05, 0) is 30.3 Å². The van der Waals surface area contributed by atoms with E-state index in [4.69, 9.17) is 14.5 Å². The highest BCUT2D eigenvalue weighted by Crippen LogP contribution is 2.33. The summed E-state index contributed by atoms with van der Waals surface area (Å²) in [5.74, 6) is 1.39. The van der Waals surface area contributed by atoms with Crippen LogP contribution in [0.5, 0.6) is 11.5 Å². The number of aromatic nitrogens is 1. The number of aryl methyl sites for hydroxylation is 1. The largest absolute Gasteiger partial charge is 0.486 e. The molecule has 1 saturated heterocycles. The molecule has 0 bridgehead atoms. The zero-order valence-corrected chi connectivity index (χ0v) is 15.9. The van der Waals surface area contributed by atoms with Gasteiger partial charge in [-0.2, -0.15) is 0 Å². The predicted molar refractivity (Wildman–Crippen MR) is 108 cm³/mol. The summed E-state index contributed by atoms with van der Waals surface area (Å²) in [4.78, 5) is 18.3. The zero-order chi connectivity index (χ0) is 19.3. The molecule has 1 aromatic heterocycles. The van der Waals surface area contributed by atoms with Crippen LogP contribution < -0.4 is 25.2 Å². The van der Waals surface area contributed by atoms with Crippen molar-refractivity contribution in [1.29, 1.82) is 0 Å². The Bertz CT molecular complexity index is 958. The molecule has 0 aliphatic carbocycles. The number of hydrogen-bond acceptors (Lipinski definition) is 6. The van der Waals surface area contributed by atoms with Crippen LogP contribution in [0.3, 0.4) is 0 Å². The van der Waals surface area contributed by atoms with Crippen LogP contribution in [-0.2, 0) is 11.8 Å².